The molecule has 1 unspecified atom stereocenters. The molecule has 0 bridgehead atoms. The second-order valence-electron chi connectivity index (χ2n) is 7.12. The molecule has 3 heteroatoms. The van der Waals surface area contributed by atoms with E-state index < -0.39 is 0 Å². The largest absolute Gasteiger partial charge is 0.497 e. The molecule has 2 aromatic rings. The highest BCUT2D eigenvalue weighted by Gasteiger charge is 2.48. The minimum atomic E-state index is 0.0485. The maximum Gasteiger partial charge on any atom is 0.220 e. The second-order valence-corrected chi connectivity index (χ2v) is 7.12. The van der Waals surface area contributed by atoms with Crippen LogP contribution in [-0.2, 0) is 17.6 Å². The molecule has 1 heterocycles. The summed E-state index contributed by atoms with van der Waals surface area (Å²) in [6.07, 6.45) is 3.65. The molecular formula is C21H23NO2. The van der Waals surface area contributed by atoms with Crippen LogP contribution >= 0.6 is 0 Å². The third-order valence-corrected chi connectivity index (χ3v) is 5.75. The average molecular weight is 321 g/mol. The Kier molecular flexibility index (Phi) is 3.79. The van der Waals surface area contributed by atoms with Gasteiger partial charge in [0.1, 0.15) is 5.75 Å². The number of rotatable bonds is 3. The number of amides is 1. The number of hydrogen-bond donors (Lipinski definition) is 1. The summed E-state index contributed by atoms with van der Waals surface area (Å²) < 4.78 is 5.46. The van der Waals surface area contributed by atoms with Gasteiger partial charge in [-0.2, -0.15) is 0 Å². The SMILES string of the molecule is COc1ccc2c(c1)C(Cc1ccccc1)[C@@]1(CCNC(=O)C1)C2. The van der Waals surface area contributed by atoms with Crippen molar-refractivity contribution in [3.05, 3.63) is 65.2 Å². The van der Waals surface area contributed by atoms with Crippen molar-refractivity contribution in [1.82, 2.24) is 5.32 Å². The van der Waals surface area contributed by atoms with Crippen LogP contribution in [-0.4, -0.2) is 19.6 Å². The standard InChI is InChI=1S/C21H23NO2/c1-24-17-8-7-16-13-21(9-10-22-20(23)14-21)19(18(16)12-17)11-15-5-3-2-4-6-15/h2-8,12,19H,9-11,13-14H2,1H3,(H,22,23)/t19?,21-/m0/s1. The Hall–Kier alpha value is -2.29. The van der Waals surface area contributed by atoms with Gasteiger partial charge in [-0.1, -0.05) is 36.4 Å². The average Bonchev–Trinajstić information content (AvgIpc) is 2.88. The van der Waals surface area contributed by atoms with Gasteiger partial charge in [0.25, 0.3) is 0 Å². The third kappa shape index (κ3) is 2.58. The van der Waals surface area contributed by atoms with Gasteiger partial charge < -0.3 is 10.1 Å². The van der Waals surface area contributed by atoms with E-state index in [-0.39, 0.29) is 11.3 Å². The number of piperidine rings is 1. The van der Waals surface area contributed by atoms with Gasteiger partial charge in [-0.25, -0.2) is 0 Å². The Labute approximate surface area is 143 Å². The van der Waals surface area contributed by atoms with E-state index >= 15 is 0 Å². The molecule has 24 heavy (non-hydrogen) atoms. The molecule has 1 aliphatic heterocycles. The number of hydrogen-bond acceptors (Lipinski definition) is 2. The van der Waals surface area contributed by atoms with E-state index in [1.165, 1.54) is 16.7 Å². The Bertz CT molecular complexity index is 756. The maximum atomic E-state index is 12.2. The molecule has 1 saturated heterocycles. The van der Waals surface area contributed by atoms with Crippen molar-refractivity contribution in [1.29, 1.82) is 0 Å². The monoisotopic (exact) mass is 321 g/mol. The zero-order chi connectivity index (χ0) is 16.6. The predicted molar refractivity (Wildman–Crippen MR) is 94.3 cm³/mol. The maximum absolute atomic E-state index is 12.2. The first-order chi connectivity index (χ1) is 11.7. The predicted octanol–water partition coefficient (Wildman–Crippen LogP) is 3.47. The molecular weight excluding hydrogens is 298 g/mol. The molecule has 1 amide bonds. The van der Waals surface area contributed by atoms with Crippen molar-refractivity contribution in [2.75, 3.05) is 13.7 Å². The summed E-state index contributed by atoms with van der Waals surface area (Å²) >= 11 is 0. The van der Waals surface area contributed by atoms with Gasteiger partial charge in [0.05, 0.1) is 7.11 Å². The van der Waals surface area contributed by atoms with E-state index in [9.17, 15) is 4.79 Å². The highest BCUT2D eigenvalue weighted by atomic mass is 16.5. The number of methoxy groups -OCH3 is 1. The quantitative estimate of drug-likeness (QED) is 0.940. The van der Waals surface area contributed by atoms with Crippen molar-refractivity contribution in [2.24, 2.45) is 5.41 Å². The first kappa shape index (κ1) is 15.3. The van der Waals surface area contributed by atoms with E-state index in [0.717, 1.165) is 31.6 Å². The molecule has 2 aliphatic rings. The minimum Gasteiger partial charge on any atom is -0.497 e. The van der Waals surface area contributed by atoms with Gasteiger partial charge >= 0.3 is 0 Å². The normalized spacial score (nSPS) is 25.4. The fourth-order valence-electron chi connectivity index (χ4n) is 4.56. The Balaban J connectivity index is 1.76. The Morgan fingerprint density at radius 1 is 1.17 bits per heavy atom. The zero-order valence-corrected chi connectivity index (χ0v) is 14.0. The second kappa shape index (κ2) is 5.97. The molecule has 2 atom stereocenters. The highest BCUT2D eigenvalue weighted by molar-refractivity contribution is 5.78. The van der Waals surface area contributed by atoms with Gasteiger partial charge in [0, 0.05) is 13.0 Å². The number of carbonyl (C=O) groups excluding carboxylic acids is 1. The molecule has 0 radical (unpaired) electrons. The third-order valence-electron chi connectivity index (χ3n) is 5.75. The fraction of sp³-hybridized carbons (Fsp3) is 0.381. The molecule has 3 nitrogen and oxygen atoms in total. The topological polar surface area (TPSA) is 38.3 Å². The molecule has 4 rings (SSSR count). The molecule has 0 aromatic heterocycles. The lowest BCUT2D eigenvalue weighted by atomic mass is 9.67. The van der Waals surface area contributed by atoms with E-state index in [0.29, 0.717) is 12.3 Å². The summed E-state index contributed by atoms with van der Waals surface area (Å²) in [5.41, 5.74) is 4.13. The van der Waals surface area contributed by atoms with Gasteiger partial charge in [-0.05, 0) is 59.4 Å². The van der Waals surface area contributed by atoms with Gasteiger partial charge in [0.15, 0.2) is 0 Å². The summed E-state index contributed by atoms with van der Waals surface area (Å²) in [6, 6.07) is 17.0. The van der Waals surface area contributed by atoms with E-state index in [1.807, 2.05) is 6.07 Å². The van der Waals surface area contributed by atoms with Crippen LogP contribution in [0.25, 0.3) is 0 Å². The van der Waals surface area contributed by atoms with Crippen LogP contribution in [0.3, 0.4) is 0 Å². The summed E-state index contributed by atoms with van der Waals surface area (Å²) in [6.45, 7) is 0.787. The van der Waals surface area contributed by atoms with Gasteiger partial charge in [0.2, 0.25) is 5.91 Å². The van der Waals surface area contributed by atoms with Crippen LogP contribution in [0.5, 0.6) is 5.75 Å². The summed E-state index contributed by atoms with van der Waals surface area (Å²) in [5.74, 6) is 1.47. The van der Waals surface area contributed by atoms with Crippen molar-refractivity contribution < 1.29 is 9.53 Å². The smallest absolute Gasteiger partial charge is 0.220 e. The molecule has 0 saturated carbocycles. The van der Waals surface area contributed by atoms with Crippen LogP contribution in [0.1, 0.15) is 35.4 Å². The molecule has 1 spiro atoms. The summed E-state index contributed by atoms with van der Waals surface area (Å²) in [4.78, 5) is 12.2. The molecule has 124 valence electrons. The lowest BCUT2D eigenvalue weighted by molar-refractivity contribution is -0.126. The van der Waals surface area contributed by atoms with Gasteiger partial charge in [-0.15, -0.1) is 0 Å². The van der Waals surface area contributed by atoms with Crippen LogP contribution in [0.2, 0.25) is 0 Å². The summed E-state index contributed by atoms with van der Waals surface area (Å²) in [7, 11) is 1.71. The van der Waals surface area contributed by atoms with Crippen LogP contribution in [0, 0.1) is 5.41 Å². The van der Waals surface area contributed by atoms with Crippen LogP contribution < -0.4 is 10.1 Å². The number of benzene rings is 2. The van der Waals surface area contributed by atoms with Crippen LogP contribution in [0.4, 0.5) is 0 Å². The molecule has 1 aliphatic carbocycles. The molecule has 2 aromatic carbocycles. The number of ether oxygens (including phenoxy) is 1. The number of fused-ring (bicyclic) bond motifs is 1. The lowest BCUT2D eigenvalue weighted by Gasteiger charge is -2.39. The Morgan fingerprint density at radius 3 is 2.75 bits per heavy atom. The van der Waals surface area contributed by atoms with Crippen molar-refractivity contribution in [2.45, 2.75) is 31.6 Å². The van der Waals surface area contributed by atoms with E-state index in [1.54, 1.807) is 7.11 Å². The summed E-state index contributed by atoms with van der Waals surface area (Å²) in [5, 5.41) is 3.00. The Morgan fingerprint density at radius 2 is 2.00 bits per heavy atom. The molecule has 1 N–H and O–H groups in total. The number of nitrogens with one attached hydrogen (secondary N) is 1. The first-order valence-electron chi connectivity index (χ1n) is 8.68. The molecule has 1 fully saturated rings. The zero-order valence-electron chi connectivity index (χ0n) is 14.0. The van der Waals surface area contributed by atoms with E-state index in [4.69, 9.17) is 4.74 Å². The fourth-order valence-corrected chi connectivity index (χ4v) is 4.56. The van der Waals surface area contributed by atoms with Crippen LogP contribution in [0.15, 0.2) is 48.5 Å². The van der Waals surface area contributed by atoms with Gasteiger partial charge in [-0.3, -0.25) is 4.79 Å². The van der Waals surface area contributed by atoms with Crippen molar-refractivity contribution in [3.8, 4) is 5.75 Å². The first-order valence-corrected chi connectivity index (χ1v) is 8.68. The minimum absolute atomic E-state index is 0.0485. The van der Waals surface area contributed by atoms with Crippen molar-refractivity contribution >= 4 is 5.91 Å². The lowest BCUT2D eigenvalue weighted by Crippen LogP contribution is -2.43. The number of carbonyl (C=O) groups is 1. The van der Waals surface area contributed by atoms with E-state index in [2.05, 4.69) is 47.8 Å². The highest BCUT2D eigenvalue weighted by Crippen LogP contribution is 2.54. The van der Waals surface area contributed by atoms with Crippen molar-refractivity contribution in [3.63, 3.8) is 0 Å².